The first-order valence-electron chi connectivity index (χ1n) is 6.05. The van der Waals surface area contributed by atoms with Gasteiger partial charge in [-0.15, -0.1) is 0 Å². The summed E-state index contributed by atoms with van der Waals surface area (Å²) in [5, 5.41) is 1.44. The van der Waals surface area contributed by atoms with E-state index in [2.05, 4.69) is 47.3 Å². The van der Waals surface area contributed by atoms with Crippen molar-refractivity contribution in [2.45, 2.75) is 24.3 Å². The summed E-state index contributed by atoms with van der Waals surface area (Å²) in [6, 6.07) is 0. The van der Waals surface area contributed by atoms with Crippen LogP contribution in [0, 0.1) is 0 Å². The number of thioether (sulfide) groups is 4. The van der Waals surface area contributed by atoms with Crippen LogP contribution in [0.25, 0.3) is 0 Å². The van der Waals surface area contributed by atoms with Crippen molar-refractivity contribution in [2.24, 2.45) is 0 Å². The molecule has 0 spiro atoms. The molecule has 2 nitrogen and oxygen atoms in total. The second kappa shape index (κ2) is 5.89. The summed E-state index contributed by atoms with van der Waals surface area (Å²) in [4.78, 5) is 9.00. The fraction of sp³-hybridized carbons (Fsp3) is 0.333. The van der Waals surface area contributed by atoms with Crippen LogP contribution in [0.2, 0.25) is 0 Å². The Labute approximate surface area is 147 Å². The van der Waals surface area contributed by atoms with Gasteiger partial charge in [0.25, 0.3) is 0 Å². The minimum atomic E-state index is 0.403. The third-order valence-corrected chi connectivity index (χ3v) is 16.5. The topological polar surface area (TPSA) is 25.8 Å². The van der Waals surface area contributed by atoms with Gasteiger partial charge in [0.1, 0.15) is 0 Å². The van der Waals surface area contributed by atoms with Gasteiger partial charge in [0.05, 0.1) is 0 Å². The monoisotopic (exact) mass is 470 g/mol. The average Bonchev–Trinajstić information content (AvgIpc) is 3.02. The molecule has 4 heterocycles. The molecular weight excluding hydrogens is 458 g/mol. The Bertz CT molecular complexity index is 595. The predicted octanol–water partition coefficient (Wildman–Crippen LogP) is 2.14. The Balaban J connectivity index is 1.58. The van der Waals surface area contributed by atoms with Crippen molar-refractivity contribution < 1.29 is 0 Å². The summed E-state index contributed by atoms with van der Waals surface area (Å²) in [6.07, 6.45) is 3.66. The van der Waals surface area contributed by atoms with Crippen molar-refractivity contribution in [2.75, 3.05) is 0 Å². The second-order valence-corrected chi connectivity index (χ2v) is 15.5. The van der Waals surface area contributed by atoms with Crippen LogP contribution in [-0.2, 0) is 0 Å². The maximum atomic E-state index is 4.50. The van der Waals surface area contributed by atoms with Gasteiger partial charge >= 0.3 is 149 Å². The number of rotatable bonds is 0. The first-order valence-corrected chi connectivity index (χ1v) is 12.9. The molecule has 0 unspecified atom stereocenters. The van der Waals surface area contributed by atoms with Gasteiger partial charge in [-0.2, -0.15) is 0 Å². The molecule has 0 saturated carbocycles. The molecule has 0 fully saturated rings. The summed E-state index contributed by atoms with van der Waals surface area (Å²) in [6.45, 7) is 4.69. The Kier molecular flexibility index (Phi) is 4.30. The Morgan fingerprint density at radius 2 is 1.35 bits per heavy atom. The molecule has 0 aliphatic carbocycles. The van der Waals surface area contributed by atoms with E-state index in [-0.39, 0.29) is 0 Å². The van der Waals surface area contributed by atoms with E-state index in [0.717, 1.165) is 10.5 Å². The van der Waals surface area contributed by atoms with E-state index in [4.69, 9.17) is 0 Å². The zero-order valence-corrected chi connectivity index (χ0v) is 17.3. The molecule has 0 bridgehead atoms. The quantitative estimate of drug-likeness (QED) is 0.542. The number of hydrogen-bond acceptors (Lipinski definition) is 6. The maximum absolute atomic E-state index is 4.50. The zero-order chi connectivity index (χ0) is 13.7. The molecule has 0 saturated heterocycles. The van der Waals surface area contributed by atoms with Gasteiger partial charge in [-0.05, 0) is 0 Å². The molecule has 2 atom stereocenters. The van der Waals surface area contributed by atoms with E-state index in [1.807, 2.05) is 35.9 Å². The van der Waals surface area contributed by atoms with Crippen LogP contribution in [-0.4, -0.2) is 50.4 Å². The molecule has 0 aromatic carbocycles. The van der Waals surface area contributed by atoms with Gasteiger partial charge in [-0.25, -0.2) is 0 Å². The Morgan fingerprint density at radius 1 is 0.850 bits per heavy atom. The number of hydrogen-bond donors (Lipinski definition) is 0. The van der Waals surface area contributed by atoms with E-state index in [1.165, 1.54) is 21.9 Å². The third kappa shape index (κ3) is 2.67. The summed E-state index contributed by atoms with van der Waals surface area (Å²) in [7, 11) is 0. The van der Waals surface area contributed by atoms with E-state index in [0.29, 0.717) is 29.9 Å². The molecule has 3 aliphatic heterocycles. The van der Waals surface area contributed by atoms with Gasteiger partial charge in [0, 0.05) is 0 Å². The van der Waals surface area contributed by atoms with Gasteiger partial charge in [0.2, 0.25) is 0 Å². The minimum absolute atomic E-state index is 0.403. The van der Waals surface area contributed by atoms with Crippen molar-refractivity contribution >= 4 is 86.1 Å². The van der Waals surface area contributed by atoms with Crippen molar-refractivity contribution in [1.29, 1.82) is 0 Å². The number of fused-ring (bicyclic) bond motifs is 1. The molecule has 1 aromatic heterocycles. The van der Waals surface area contributed by atoms with Crippen LogP contribution in [0.1, 0.15) is 13.8 Å². The van der Waals surface area contributed by atoms with Crippen molar-refractivity contribution in [3.8, 4) is 0 Å². The fourth-order valence-electron chi connectivity index (χ4n) is 1.76. The second-order valence-electron chi connectivity index (χ2n) is 4.37. The molecule has 3 aliphatic rings. The molecule has 104 valence electrons. The van der Waals surface area contributed by atoms with Gasteiger partial charge in [-0.3, -0.25) is 0 Å². The molecule has 1 aromatic rings. The predicted molar refractivity (Wildman–Crippen MR) is 96.1 cm³/mol. The summed E-state index contributed by atoms with van der Waals surface area (Å²) < 4.78 is 8.77. The standard InChI is InChI=1S/C12H10N2S4Se2/c1-5-6(2)16-10-9(15-5)17-11(18-10)12-19-7-8(20-12)14-4-3-13-7/h3-6H,1-2H3/t5-,6-/m0/s1. The number of aromatic nitrogens is 2. The molecule has 0 radical (unpaired) electrons. The first kappa shape index (κ1) is 14.6. The SMILES string of the molecule is C[C@@H]1SC2=C(SC(=C3[Se]c4nccnc4[Se]3)S2)S[C@H]1C. The van der Waals surface area contributed by atoms with Gasteiger partial charge in [0.15, 0.2) is 0 Å². The number of nitrogens with zero attached hydrogens (tertiary/aromatic N) is 2. The van der Waals surface area contributed by atoms with Crippen molar-refractivity contribution in [3.63, 3.8) is 0 Å². The average molecular weight is 468 g/mol. The molecule has 4 rings (SSSR count). The van der Waals surface area contributed by atoms with Crippen LogP contribution in [0.3, 0.4) is 0 Å². The van der Waals surface area contributed by atoms with Gasteiger partial charge in [-0.1, -0.05) is 0 Å². The van der Waals surface area contributed by atoms with Gasteiger partial charge < -0.3 is 0 Å². The van der Waals surface area contributed by atoms with Crippen LogP contribution in [0.5, 0.6) is 0 Å². The normalized spacial score (nSPS) is 28.9. The Morgan fingerprint density at radius 3 is 1.85 bits per heavy atom. The molecule has 0 N–H and O–H groups in total. The van der Waals surface area contributed by atoms with E-state index < -0.39 is 0 Å². The van der Waals surface area contributed by atoms with Crippen LogP contribution in [0.15, 0.2) is 28.5 Å². The summed E-state index contributed by atoms with van der Waals surface area (Å²) in [5.41, 5.74) is 0. The summed E-state index contributed by atoms with van der Waals surface area (Å²) in [5.74, 6) is 0. The Hall–Kier alpha value is 0.999. The van der Waals surface area contributed by atoms with Crippen molar-refractivity contribution in [1.82, 2.24) is 9.97 Å². The third-order valence-electron chi connectivity index (χ3n) is 2.96. The summed E-state index contributed by atoms with van der Waals surface area (Å²) >= 11 is 8.94. The van der Waals surface area contributed by atoms with E-state index in [9.17, 15) is 0 Å². The van der Waals surface area contributed by atoms with Crippen LogP contribution >= 0.6 is 47.0 Å². The van der Waals surface area contributed by atoms with Crippen LogP contribution in [0.4, 0.5) is 0 Å². The fourth-order valence-corrected chi connectivity index (χ4v) is 15.1. The van der Waals surface area contributed by atoms with E-state index in [1.54, 1.807) is 3.37 Å². The molecule has 8 heteroatoms. The van der Waals surface area contributed by atoms with E-state index >= 15 is 0 Å². The van der Waals surface area contributed by atoms with Crippen molar-refractivity contribution in [3.05, 3.63) is 28.5 Å². The zero-order valence-electron chi connectivity index (χ0n) is 10.7. The first-order chi connectivity index (χ1) is 9.70. The molecule has 0 amide bonds. The molecular formula is C12H10N2S4Se2. The van der Waals surface area contributed by atoms with Crippen LogP contribution < -0.4 is 9.18 Å². The molecule has 20 heavy (non-hydrogen) atoms.